The van der Waals surface area contributed by atoms with Crippen molar-refractivity contribution >= 4 is 12.0 Å². The third kappa shape index (κ3) is 3.89. The lowest BCUT2D eigenvalue weighted by Crippen LogP contribution is -2.55. The maximum atomic E-state index is 11.9. The molecule has 1 fully saturated rings. The lowest BCUT2D eigenvalue weighted by molar-refractivity contribution is -0.143. The summed E-state index contributed by atoms with van der Waals surface area (Å²) in [5, 5.41) is 11.4. The standard InChI is InChI=1S/C11H20N2O4/c1-8-7-13(5-4-6-17-8)10(16)12-11(2,3)9(14)15/h8H,4-7H2,1-3H3,(H,12,16)(H,14,15). The number of hydrogen-bond donors (Lipinski definition) is 2. The van der Waals surface area contributed by atoms with Crippen LogP contribution >= 0.6 is 0 Å². The lowest BCUT2D eigenvalue weighted by Gasteiger charge is -2.28. The van der Waals surface area contributed by atoms with Crippen LogP contribution in [-0.4, -0.2) is 53.3 Å². The summed E-state index contributed by atoms with van der Waals surface area (Å²) in [4.78, 5) is 24.4. The van der Waals surface area contributed by atoms with Gasteiger partial charge in [0.1, 0.15) is 5.54 Å². The third-order valence-electron chi connectivity index (χ3n) is 2.69. The molecule has 0 radical (unpaired) electrons. The van der Waals surface area contributed by atoms with Crippen molar-refractivity contribution < 1.29 is 19.4 Å². The molecule has 1 heterocycles. The average molecular weight is 244 g/mol. The Bertz CT molecular complexity index is 304. The highest BCUT2D eigenvalue weighted by molar-refractivity contribution is 5.85. The predicted octanol–water partition coefficient (Wildman–Crippen LogP) is 0.670. The van der Waals surface area contributed by atoms with Crippen LogP contribution in [0.3, 0.4) is 0 Å². The van der Waals surface area contributed by atoms with E-state index < -0.39 is 11.5 Å². The second kappa shape index (κ2) is 5.35. The normalized spacial score (nSPS) is 21.8. The molecule has 0 aromatic rings. The number of carboxylic acid groups (broad SMARTS) is 1. The highest BCUT2D eigenvalue weighted by Gasteiger charge is 2.31. The molecule has 1 unspecified atom stereocenters. The van der Waals surface area contributed by atoms with Crippen LogP contribution in [0.15, 0.2) is 0 Å². The molecule has 17 heavy (non-hydrogen) atoms. The summed E-state index contributed by atoms with van der Waals surface area (Å²) in [5.74, 6) is -1.05. The van der Waals surface area contributed by atoms with Crippen LogP contribution in [0.5, 0.6) is 0 Å². The van der Waals surface area contributed by atoms with Gasteiger partial charge in [0.15, 0.2) is 0 Å². The Morgan fingerprint density at radius 1 is 1.47 bits per heavy atom. The number of aliphatic carboxylic acids is 1. The molecule has 6 heteroatoms. The summed E-state index contributed by atoms with van der Waals surface area (Å²) in [6, 6.07) is -0.352. The van der Waals surface area contributed by atoms with E-state index in [0.717, 1.165) is 6.42 Å². The van der Waals surface area contributed by atoms with Crippen molar-refractivity contribution in [1.29, 1.82) is 0 Å². The predicted molar refractivity (Wildman–Crippen MR) is 61.9 cm³/mol. The van der Waals surface area contributed by atoms with E-state index in [1.807, 2.05) is 6.92 Å². The molecular formula is C11H20N2O4. The zero-order valence-corrected chi connectivity index (χ0v) is 10.5. The second-order valence-electron chi connectivity index (χ2n) is 4.84. The molecule has 2 amide bonds. The first-order valence-corrected chi connectivity index (χ1v) is 5.75. The summed E-state index contributed by atoms with van der Waals surface area (Å²) in [6.07, 6.45) is 0.752. The van der Waals surface area contributed by atoms with E-state index in [1.54, 1.807) is 4.90 Å². The summed E-state index contributed by atoms with van der Waals surface area (Å²) >= 11 is 0. The lowest BCUT2D eigenvalue weighted by atomic mass is 10.1. The number of carbonyl (C=O) groups is 2. The minimum atomic E-state index is -1.26. The highest BCUT2D eigenvalue weighted by Crippen LogP contribution is 2.08. The number of amides is 2. The van der Waals surface area contributed by atoms with Gasteiger partial charge < -0.3 is 20.1 Å². The number of nitrogens with one attached hydrogen (secondary N) is 1. The van der Waals surface area contributed by atoms with Crippen LogP contribution in [0.25, 0.3) is 0 Å². The molecule has 0 aromatic heterocycles. The first-order valence-electron chi connectivity index (χ1n) is 5.75. The maximum Gasteiger partial charge on any atom is 0.328 e. The molecule has 1 atom stereocenters. The Morgan fingerprint density at radius 3 is 2.71 bits per heavy atom. The van der Waals surface area contributed by atoms with Gasteiger partial charge in [0.2, 0.25) is 0 Å². The molecule has 1 rings (SSSR count). The van der Waals surface area contributed by atoms with E-state index in [-0.39, 0.29) is 12.1 Å². The monoisotopic (exact) mass is 244 g/mol. The SMILES string of the molecule is CC1CN(C(=O)NC(C)(C)C(=O)O)CCCO1. The Labute approximate surface area is 101 Å². The number of urea groups is 1. The van der Waals surface area contributed by atoms with Gasteiger partial charge in [-0.25, -0.2) is 9.59 Å². The molecule has 0 bridgehead atoms. The summed E-state index contributed by atoms with van der Waals surface area (Å²) < 4.78 is 5.42. The first kappa shape index (κ1) is 13.8. The van der Waals surface area contributed by atoms with Crippen molar-refractivity contribution in [3.05, 3.63) is 0 Å². The molecule has 1 aliphatic heterocycles. The van der Waals surface area contributed by atoms with E-state index in [4.69, 9.17) is 9.84 Å². The zero-order valence-electron chi connectivity index (χ0n) is 10.5. The minimum absolute atomic E-state index is 0.0174. The molecule has 1 aliphatic rings. The molecule has 98 valence electrons. The second-order valence-corrected chi connectivity index (χ2v) is 4.84. The van der Waals surface area contributed by atoms with E-state index >= 15 is 0 Å². The van der Waals surface area contributed by atoms with Crippen molar-refractivity contribution in [2.75, 3.05) is 19.7 Å². The summed E-state index contributed by atoms with van der Waals surface area (Å²) in [6.45, 7) is 6.53. The van der Waals surface area contributed by atoms with Crippen LogP contribution in [0.2, 0.25) is 0 Å². The fourth-order valence-corrected chi connectivity index (χ4v) is 1.58. The van der Waals surface area contributed by atoms with E-state index in [1.165, 1.54) is 13.8 Å². The number of ether oxygens (including phenoxy) is 1. The minimum Gasteiger partial charge on any atom is -0.480 e. The highest BCUT2D eigenvalue weighted by atomic mass is 16.5. The molecule has 0 saturated carbocycles. The van der Waals surface area contributed by atoms with Gasteiger partial charge in [-0.2, -0.15) is 0 Å². The van der Waals surface area contributed by atoms with E-state index in [0.29, 0.717) is 19.7 Å². The molecule has 0 aromatic carbocycles. The number of hydrogen-bond acceptors (Lipinski definition) is 3. The molecule has 0 spiro atoms. The van der Waals surface area contributed by atoms with Gasteiger partial charge in [-0.05, 0) is 27.2 Å². The van der Waals surface area contributed by atoms with Crippen LogP contribution in [0, 0.1) is 0 Å². The van der Waals surface area contributed by atoms with Crippen molar-refractivity contribution in [2.45, 2.75) is 38.8 Å². The van der Waals surface area contributed by atoms with Crippen molar-refractivity contribution in [1.82, 2.24) is 10.2 Å². The maximum absolute atomic E-state index is 11.9. The van der Waals surface area contributed by atoms with Crippen molar-refractivity contribution in [2.24, 2.45) is 0 Å². The Morgan fingerprint density at radius 2 is 2.12 bits per heavy atom. The molecule has 2 N–H and O–H groups in total. The molecule has 0 aliphatic carbocycles. The van der Waals surface area contributed by atoms with Gasteiger partial charge in [0.25, 0.3) is 0 Å². The Kier molecular flexibility index (Phi) is 4.34. The molecular weight excluding hydrogens is 224 g/mol. The number of nitrogens with zero attached hydrogens (tertiary/aromatic N) is 1. The first-order chi connectivity index (χ1) is 7.83. The van der Waals surface area contributed by atoms with Gasteiger partial charge in [0, 0.05) is 19.7 Å². The number of carbonyl (C=O) groups excluding carboxylic acids is 1. The van der Waals surface area contributed by atoms with Gasteiger partial charge in [0.05, 0.1) is 6.10 Å². The van der Waals surface area contributed by atoms with Gasteiger partial charge >= 0.3 is 12.0 Å². The van der Waals surface area contributed by atoms with Crippen molar-refractivity contribution in [3.8, 4) is 0 Å². The average Bonchev–Trinajstić information content (AvgIpc) is 2.42. The quantitative estimate of drug-likeness (QED) is 0.748. The fraction of sp³-hybridized carbons (Fsp3) is 0.818. The Hall–Kier alpha value is -1.30. The topological polar surface area (TPSA) is 78.9 Å². The zero-order chi connectivity index (χ0) is 13.1. The van der Waals surface area contributed by atoms with Crippen LogP contribution in [0.1, 0.15) is 27.2 Å². The van der Waals surface area contributed by atoms with Gasteiger partial charge in [-0.15, -0.1) is 0 Å². The molecule has 6 nitrogen and oxygen atoms in total. The van der Waals surface area contributed by atoms with Crippen LogP contribution in [-0.2, 0) is 9.53 Å². The Balaban J connectivity index is 2.60. The van der Waals surface area contributed by atoms with Gasteiger partial charge in [-0.1, -0.05) is 0 Å². The summed E-state index contributed by atoms with van der Waals surface area (Å²) in [5.41, 5.74) is -1.26. The van der Waals surface area contributed by atoms with Crippen molar-refractivity contribution in [3.63, 3.8) is 0 Å². The number of rotatable bonds is 2. The summed E-state index contributed by atoms with van der Waals surface area (Å²) in [7, 11) is 0. The largest absolute Gasteiger partial charge is 0.480 e. The smallest absolute Gasteiger partial charge is 0.328 e. The van der Waals surface area contributed by atoms with Gasteiger partial charge in [-0.3, -0.25) is 0 Å². The number of carboxylic acids is 1. The van der Waals surface area contributed by atoms with Crippen LogP contribution < -0.4 is 5.32 Å². The van der Waals surface area contributed by atoms with E-state index in [9.17, 15) is 9.59 Å². The van der Waals surface area contributed by atoms with Crippen LogP contribution in [0.4, 0.5) is 4.79 Å². The fourth-order valence-electron chi connectivity index (χ4n) is 1.58. The molecule has 1 saturated heterocycles. The third-order valence-corrected chi connectivity index (χ3v) is 2.69. The van der Waals surface area contributed by atoms with E-state index in [2.05, 4.69) is 5.32 Å².